The molecule has 1 aromatic heterocycles. The van der Waals surface area contributed by atoms with E-state index in [1.807, 2.05) is 0 Å². The Labute approximate surface area is 210 Å². The van der Waals surface area contributed by atoms with Crippen molar-refractivity contribution in [2.45, 2.75) is 83.5 Å². The van der Waals surface area contributed by atoms with Crippen LogP contribution in [0.15, 0.2) is 65.2 Å². The number of oxazole rings is 1. The summed E-state index contributed by atoms with van der Waals surface area (Å²) in [5.74, 6) is 1.19. The normalized spacial score (nSPS) is 13.1. The molecule has 0 radical (unpaired) electrons. The van der Waals surface area contributed by atoms with E-state index < -0.39 is 13.2 Å². The monoisotopic (exact) mass is 494 g/mol. The van der Waals surface area contributed by atoms with Crippen molar-refractivity contribution in [1.82, 2.24) is 4.98 Å². The molecule has 3 aromatic rings. The molecule has 35 heavy (non-hydrogen) atoms. The average molecular weight is 495 g/mol. The molecule has 0 amide bonds. The maximum atomic E-state index is 11.0. The minimum atomic E-state index is -2.04. The molecule has 0 fully saturated rings. The van der Waals surface area contributed by atoms with Crippen LogP contribution < -0.4 is 0 Å². The number of nitro benzene ring substituents is 1. The van der Waals surface area contributed by atoms with E-state index in [2.05, 4.69) is 69.2 Å². The van der Waals surface area contributed by atoms with Crippen LogP contribution in [0, 0.1) is 10.1 Å². The van der Waals surface area contributed by atoms with Crippen molar-refractivity contribution in [1.29, 1.82) is 0 Å². The fourth-order valence-corrected chi connectivity index (χ4v) is 5.02. The Kier molecular flexibility index (Phi) is 9.02. The second-order valence-corrected chi connectivity index (χ2v) is 15.4. The molecule has 0 aliphatic carbocycles. The predicted molar refractivity (Wildman–Crippen MR) is 143 cm³/mol. The van der Waals surface area contributed by atoms with Crippen molar-refractivity contribution in [2.24, 2.45) is 0 Å². The highest BCUT2D eigenvalue weighted by molar-refractivity contribution is 6.74. The van der Waals surface area contributed by atoms with Gasteiger partial charge in [-0.05, 0) is 55.1 Å². The van der Waals surface area contributed by atoms with E-state index in [1.54, 1.807) is 18.3 Å². The number of benzene rings is 2. The zero-order chi connectivity index (χ0) is 25.5. The molecule has 1 unspecified atom stereocenters. The minimum absolute atomic E-state index is 0.0555. The van der Waals surface area contributed by atoms with Crippen molar-refractivity contribution in [3.05, 3.63) is 82.4 Å². The number of non-ortho nitro benzene ring substituents is 1. The van der Waals surface area contributed by atoms with E-state index in [-0.39, 0.29) is 16.8 Å². The van der Waals surface area contributed by atoms with Gasteiger partial charge in [0.1, 0.15) is 6.10 Å². The summed E-state index contributed by atoms with van der Waals surface area (Å²) in [5, 5.41) is 11.0. The van der Waals surface area contributed by atoms with Crippen LogP contribution in [-0.4, -0.2) is 18.2 Å². The molecule has 0 spiro atoms. The smallest absolute Gasteiger partial charge is 0.269 e. The number of aryl methyl sites for hydroxylation is 1. The van der Waals surface area contributed by atoms with Gasteiger partial charge < -0.3 is 8.84 Å². The zero-order valence-corrected chi connectivity index (χ0v) is 22.6. The lowest BCUT2D eigenvalue weighted by molar-refractivity contribution is -0.384. The molecular formula is C28H38N2O4Si. The summed E-state index contributed by atoms with van der Waals surface area (Å²) in [6, 6.07) is 17.0. The van der Waals surface area contributed by atoms with Gasteiger partial charge in [0.2, 0.25) is 5.89 Å². The van der Waals surface area contributed by atoms with Crippen LogP contribution in [0.5, 0.6) is 0 Å². The largest absolute Gasteiger partial charge is 0.438 e. The lowest BCUT2D eigenvalue weighted by Gasteiger charge is -2.38. The van der Waals surface area contributed by atoms with E-state index in [4.69, 9.17) is 8.84 Å². The van der Waals surface area contributed by atoms with Gasteiger partial charge in [-0.3, -0.25) is 10.1 Å². The Morgan fingerprint density at radius 3 is 2.29 bits per heavy atom. The summed E-state index contributed by atoms with van der Waals surface area (Å²) in [4.78, 5) is 15.1. The molecule has 7 heteroatoms. The first-order valence-corrected chi connectivity index (χ1v) is 15.4. The van der Waals surface area contributed by atoms with Gasteiger partial charge in [-0.25, -0.2) is 4.98 Å². The van der Waals surface area contributed by atoms with Crippen LogP contribution in [0.4, 0.5) is 5.69 Å². The Bertz CT molecular complexity index is 1070. The lowest BCUT2D eigenvalue weighted by atomic mass is 10.0. The Morgan fingerprint density at radius 2 is 1.66 bits per heavy atom. The van der Waals surface area contributed by atoms with Gasteiger partial charge in [-0.1, -0.05) is 70.4 Å². The summed E-state index contributed by atoms with van der Waals surface area (Å²) in [6.45, 7) is 11.2. The van der Waals surface area contributed by atoms with E-state index >= 15 is 0 Å². The number of hydrogen-bond acceptors (Lipinski definition) is 5. The molecule has 1 heterocycles. The summed E-state index contributed by atoms with van der Waals surface area (Å²) in [6.07, 6.45) is 8.02. The molecule has 6 nitrogen and oxygen atoms in total. The van der Waals surface area contributed by atoms with Gasteiger partial charge in [-0.2, -0.15) is 0 Å². The first-order valence-electron chi connectivity index (χ1n) is 12.5. The topological polar surface area (TPSA) is 78.4 Å². The van der Waals surface area contributed by atoms with Gasteiger partial charge in [0.15, 0.2) is 14.1 Å². The highest BCUT2D eigenvalue weighted by Crippen LogP contribution is 2.41. The Hall–Kier alpha value is -2.77. The van der Waals surface area contributed by atoms with Crippen LogP contribution in [0.2, 0.25) is 18.1 Å². The molecule has 2 aromatic carbocycles. The van der Waals surface area contributed by atoms with Gasteiger partial charge in [0.05, 0.1) is 11.1 Å². The summed E-state index contributed by atoms with van der Waals surface area (Å²) in [5.41, 5.74) is 2.21. The van der Waals surface area contributed by atoms with Gasteiger partial charge in [0, 0.05) is 17.7 Å². The van der Waals surface area contributed by atoms with Crippen LogP contribution >= 0.6 is 0 Å². The number of nitrogens with zero attached hydrogens (tertiary/aromatic N) is 2. The van der Waals surface area contributed by atoms with Crippen LogP contribution in [0.1, 0.15) is 70.4 Å². The molecule has 1 atom stereocenters. The number of aromatic nitrogens is 1. The number of nitro groups is 1. The van der Waals surface area contributed by atoms with E-state index in [0.29, 0.717) is 11.7 Å². The summed E-state index contributed by atoms with van der Waals surface area (Å²) >= 11 is 0. The maximum absolute atomic E-state index is 11.0. The Morgan fingerprint density at radius 1 is 1.00 bits per heavy atom. The van der Waals surface area contributed by atoms with Gasteiger partial charge >= 0.3 is 0 Å². The van der Waals surface area contributed by atoms with E-state index in [0.717, 1.165) is 31.2 Å². The fourth-order valence-electron chi connectivity index (χ4n) is 3.74. The maximum Gasteiger partial charge on any atom is 0.269 e. The van der Waals surface area contributed by atoms with Crippen molar-refractivity contribution in [2.75, 3.05) is 0 Å². The van der Waals surface area contributed by atoms with Crippen molar-refractivity contribution in [3.8, 4) is 11.3 Å². The molecule has 0 aliphatic rings. The van der Waals surface area contributed by atoms with Gasteiger partial charge in [-0.15, -0.1) is 0 Å². The van der Waals surface area contributed by atoms with Crippen molar-refractivity contribution < 1.29 is 13.8 Å². The minimum Gasteiger partial charge on any atom is -0.438 e. The number of unbranched alkanes of at least 4 members (excludes halogenated alkanes) is 3. The second kappa shape index (κ2) is 11.8. The first kappa shape index (κ1) is 26.8. The van der Waals surface area contributed by atoms with E-state index in [9.17, 15) is 10.1 Å². The average Bonchev–Trinajstić information content (AvgIpc) is 3.31. The molecule has 0 saturated carbocycles. The number of rotatable bonds is 12. The van der Waals surface area contributed by atoms with Crippen LogP contribution in [-0.2, 0) is 10.8 Å². The predicted octanol–water partition coefficient (Wildman–Crippen LogP) is 8.51. The van der Waals surface area contributed by atoms with Crippen molar-refractivity contribution in [3.63, 3.8) is 0 Å². The summed E-state index contributed by atoms with van der Waals surface area (Å²) < 4.78 is 12.9. The van der Waals surface area contributed by atoms with Crippen LogP contribution in [0.3, 0.4) is 0 Å². The zero-order valence-electron chi connectivity index (χ0n) is 21.6. The molecule has 0 aliphatic heterocycles. The molecule has 0 N–H and O–H groups in total. The third-order valence-electron chi connectivity index (χ3n) is 6.93. The molecule has 3 rings (SSSR count). The third-order valence-corrected chi connectivity index (χ3v) is 11.4. The fraction of sp³-hybridized carbons (Fsp3) is 0.464. The van der Waals surface area contributed by atoms with Crippen LogP contribution in [0.25, 0.3) is 11.3 Å². The van der Waals surface area contributed by atoms with E-state index in [1.165, 1.54) is 30.5 Å². The first-order chi connectivity index (χ1) is 16.6. The molecule has 0 bridgehead atoms. The SMILES string of the molecule is CC(C)(C)[Si](C)(C)OC(CCCCCCc1ccccc1)c1ncc(-c2ccc([N+](=O)[O-])cc2)o1. The Balaban J connectivity index is 1.65. The standard InChI is InChI=1S/C28H38N2O4Si/c1-28(2,3)35(4,5)34-25(16-12-7-6-9-13-22-14-10-8-11-15-22)27-29-21-26(33-27)23-17-19-24(20-18-23)30(31)32/h8,10-11,14-15,17-21,25H,6-7,9,12-13,16H2,1-5H3. The lowest BCUT2D eigenvalue weighted by Crippen LogP contribution is -2.41. The highest BCUT2D eigenvalue weighted by Gasteiger charge is 2.40. The van der Waals surface area contributed by atoms with Crippen molar-refractivity contribution >= 4 is 14.0 Å². The molecule has 188 valence electrons. The third kappa shape index (κ3) is 7.60. The quantitative estimate of drug-likeness (QED) is 0.109. The number of hydrogen-bond donors (Lipinski definition) is 0. The molecule has 0 saturated heterocycles. The highest BCUT2D eigenvalue weighted by atomic mass is 28.4. The van der Waals surface area contributed by atoms with Gasteiger partial charge in [0.25, 0.3) is 5.69 Å². The second-order valence-electron chi connectivity index (χ2n) is 10.7. The summed E-state index contributed by atoms with van der Waals surface area (Å²) in [7, 11) is -2.04. The molecular weight excluding hydrogens is 456 g/mol.